The average Bonchev–Trinajstić information content (AvgIpc) is 3.25. The Balaban J connectivity index is 1.71. The van der Waals surface area contributed by atoms with Gasteiger partial charge in [-0.2, -0.15) is 0 Å². The maximum atomic E-state index is 12.8. The van der Waals surface area contributed by atoms with Crippen molar-refractivity contribution in [1.82, 2.24) is 15.2 Å². The molecule has 1 aliphatic heterocycles. The molecule has 2 amide bonds. The van der Waals surface area contributed by atoms with Crippen LogP contribution in [0.5, 0.6) is 5.88 Å². The molecule has 0 radical (unpaired) electrons. The number of nitrogens with one attached hydrogen (secondary N) is 1. The molecule has 2 aliphatic rings. The van der Waals surface area contributed by atoms with E-state index in [0.717, 1.165) is 18.5 Å². The van der Waals surface area contributed by atoms with Crippen LogP contribution in [-0.2, 0) is 22.6 Å². The first-order chi connectivity index (χ1) is 12.5. The highest BCUT2D eigenvalue weighted by atomic mass is 16.5. The monoisotopic (exact) mass is 361 g/mol. The van der Waals surface area contributed by atoms with Gasteiger partial charge in [0, 0.05) is 18.2 Å². The van der Waals surface area contributed by atoms with Crippen LogP contribution >= 0.6 is 0 Å². The summed E-state index contributed by atoms with van der Waals surface area (Å²) >= 11 is 0. The topological polar surface area (TPSA) is 80.8 Å². The van der Waals surface area contributed by atoms with E-state index in [2.05, 4.69) is 10.3 Å². The molecule has 0 aromatic carbocycles. The zero-order valence-electron chi connectivity index (χ0n) is 15.7. The zero-order valence-corrected chi connectivity index (χ0v) is 15.7. The van der Waals surface area contributed by atoms with Gasteiger partial charge in [-0.1, -0.05) is 12.8 Å². The van der Waals surface area contributed by atoms with E-state index in [4.69, 9.17) is 9.47 Å². The lowest BCUT2D eigenvalue weighted by atomic mass is 10.1. The van der Waals surface area contributed by atoms with Crippen molar-refractivity contribution in [2.75, 3.05) is 13.7 Å². The average molecular weight is 361 g/mol. The van der Waals surface area contributed by atoms with Crippen molar-refractivity contribution >= 4 is 11.8 Å². The van der Waals surface area contributed by atoms with E-state index in [-0.39, 0.29) is 31.1 Å². The van der Waals surface area contributed by atoms with Gasteiger partial charge in [0.1, 0.15) is 6.61 Å². The lowest BCUT2D eigenvalue weighted by Gasteiger charge is -2.22. The molecule has 26 heavy (non-hydrogen) atoms. The van der Waals surface area contributed by atoms with Gasteiger partial charge in [-0.05, 0) is 32.8 Å². The zero-order chi connectivity index (χ0) is 18.7. The molecule has 1 N–H and O–H groups in total. The predicted molar refractivity (Wildman–Crippen MR) is 95.9 cm³/mol. The Morgan fingerprint density at radius 3 is 2.77 bits per heavy atom. The molecule has 7 nitrogen and oxygen atoms in total. The molecule has 1 aliphatic carbocycles. The molecule has 0 atom stereocenters. The summed E-state index contributed by atoms with van der Waals surface area (Å²) in [5, 5.41) is 2.79. The summed E-state index contributed by atoms with van der Waals surface area (Å²) in [5.41, 5.74) is 2.09. The van der Waals surface area contributed by atoms with E-state index >= 15 is 0 Å². The van der Waals surface area contributed by atoms with Crippen LogP contribution in [-0.4, -0.2) is 47.6 Å². The number of methoxy groups -OCH3 is 1. The van der Waals surface area contributed by atoms with Crippen LogP contribution in [0.15, 0.2) is 6.07 Å². The van der Waals surface area contributed by atoms with E-state index in [1.165, 1.54) is 12.8 Å². The summed E-state index contributed by atoms with van der Waals surface area (Å²) in [4.78, 5) is 31.1. The molecule has 0 saturated heterocycles. The summed E-state index contributed by atoms with van der Waals surface area (Å²) in [6, 6.07) is 2.13. The normalized spacial score (nSPS) is 17.1. The summed E-state index contributed by atoms with van der Waals surface area (Å²) in [5.74, 6) is 0.285. The largest absolute Gasteiger partial charge is 0.481 e. The van der Waals surface area contributed by atoms with Gasteiger partial charge in [-0.15, -0.1) is 0 Å². The number of pyridine rings is 1. The number of carbonyl (C=O) groups is 2. The standard InChI is InChI=1S/C19H27N3O4/c1-12(2)26-11-17(23)20-9-13-8-15-16(21-18(13)25-3)10-22(19(15)24)14-6-4-5-7-14/h8,12,14H,4-7,9-11H2,1-3H3,(H,20,23). The van der Waals surface area contributed by atoms with Gasteiger partial charge in [0.2, 0.25) is 11.8 Å². The molecule has 1 fully saturated rings. The van der Waals surface area contributed by atoms with E-state index in [1.807, 2.05) is 24.8 Å². The first-order valence-electron chi connectivity index (χ1n) is 9.25. The van der Waals surface area contributed by atoms with Crippen molar-refractivity contribution in [2.24, 2.45) is 0 Å². The fourth-order valence-corrected chi connectivity index (χ4v) is 3.57. The number of carbonyl (C=O) groups excluding carboxylic acids is 2. The highest BCUT2D eigenvalue weighted by Gasteiger charge is 2.35. The first kappa shape index (κ1) is 18.6. The van der Waals surface area contributed by atoms with Gasteiger partial charge in [0.15, 0.2) is 0 Å². The van der Waals surface area contributed by atoms with Crippen molar-refractivity contribution < 1.29 is 19.1 Å². The second-order valence-corrected chi connectivity index (χ2v) is 7.16. The van der Waals surface area contributed by atoms with E-state index in [0.29, 0.717) is 29.6 Å². The Labute approximate surface area is 154 Å². The maximum absolute atomic E-state index is 12.8. The fourth-order valence-electron chi connectivity index (χ4n) is 3.57. The third-order valence-corrected chi connectivity index (χ3v) is 4.93. The van der Waals surface area contributed by atoms with Crippen LogP contribution < -0.4 is 10.1 Å². The smallest absolute Gasteiger partial charge is 0.256 e. The van der Waals surface area contributed by atoms with Gasteiger partial charge in [0.25, 0.3) is 5.91 Å². The van der Waals surface area contributed by atoms with Crippen LogP contribution in [0.1, 0.15) is 61.1 Å². The number of hydrogen-bond donors (Lipinski definition) is 1. The maximum Gasteiger partial charge on any atom is 0.256 e. The molecule has 2 heterocycles. The van der Waals surface area contributed by atoms with Crippen LogP contribution in [0.25, 0.3) is 0 Å². The molecule has 1 aromatic heterocycles. The number of hydrogen-bond acceptors (Lipinski definition) is 5. The second kappa shape index (κ2) is 8.03. The van der Waals surface area contributed by atoms with Crippen molar-refractivity contribution in [1.29, 1.82) is 0 Å². The number of aromatic nitrogens is 1. The van der Waals surface area contributed by atoms with Crippen LogP contribution in [0.2, 0.25) is 0 Å². The molecular weight excluding hydrogens is 334 g/mol. The molecule has 0 unspecified atom stereocenters. The van der Waals surface area contributed by atoms with E-state index in [1.54, 1.807) is 7.11 Å². The number of nitrogens with zero attached hydrogens (tertiary/aromatic N) is 2. The molecule has 0 bridgehead atoms. The van der Waals surface area contributed by atoms with Gasteiger partial charge in [0.05, 0.1) is 31.0 Å². The Morgan fingerprint density at radius 1 is 1.38 bits per heavy atom. The van der Waals surface area contributed by atoms with Gasteiger partial charge in [-0.25, -0.2) is 4.98 Å². The minimum atomic E-state index is -0.208. The lowest BCUT2D eigenvalue weighted by molar-refractivity contribution is -0.127. The van der Waals surface area contributed by atoms with Crippen molar-refractivity contribution in [3.63, 3.8) is 0 Å². The summed E-state index contributed by atoms with van der Waals surface area (Å²) in [7, 11) is 1.55. The van der Waals surface area contributed by atoms with E-state index in [9.17, 15) is 9.59 Å². The van der Waals surface area contributed by atoms with Gasteiger partial charge in [-0.3, -0.25) is 9.59 Å². The van der Waals surface area contributed by atoms with Gasteiger partial charge < -0.3 is 19.7 Å². The van der Waals surface area contributed by atoms with Crippen molar-refractivity contribution in [3.8, 4) is 5.88 Å². The molecule has 0 spiro atoms. The molecule has 1 saturated carbocycles. The predicted octanol–water partition coefficient (Wildman–Crippen LogP) is 2.03. The lowest BCUT2D eigenvalue weighted by Crippen LogP contribution is -2.33. The molecule has 3 rings (SSSR count). The molecular formula is C19H27N3O4. The molecule has 142 valence electrons. The molecule has 1 aromatic rings. The van der Waals surface area contributed by atoms with Crippen molar-refractivity contribution in [3.05, 3.63) is 22.9 Å². The number of rotatable bonds is 7. The van der Waals surface area contributed by atoms with Gasteiger partial charge >= 0.3 is 0 Å². The number of amides is 2. The molecule has 7 heteroatoms. The Bertz CT molecular complexity index is 684. The fraction of sp³-hybridized carbons (Fsp3) is 0.632. The quantitative estimate of drug-likeness (QED) is 0.804. The van der Waals surface area contributed by atoms with Crippen LogP contribution in [0.3, 0.4) is 0 Å². The third kappa shape index (κ3) is 3.98. The third-order valence-electron chi connectivity index (χ3n) is 4.93. The van der Waals surface area contributed by atoms with Crippen LogP contribution in [0.4, 0.5) is 0 Å². The minimum Gasteiger partial charge on any atom is -0.481 e. The Kier molecular flexibility index (Phi) is 5.76. The van der Waals surface area contributed by atoms with Crippen LogP contribution in [0, 0.1) is 0 Å². The highest BCUT2D eigenvalue weighted by molar-refractivity contribution is 5.98. The highest BCUT2D eigenvalue weighted by Crippen LogP contribution is 2.33. The van der Waals surface area contributed by atoms with Crippen molar-refractivity contribution in [2.45, 2.75) is 64.8 Å². The Hall–Kier alpha value is -2.15. The summed E-state index contributed by atoms with van der Waals surface area (Å²) < 4.78 is 10.7. The minimum absolute atomic E-state index is 0.00357. The first-order valence-corrected chi connectivity index (χ1v) is 9.25. The number of ether oxygens (including phenoxy) is 2. The summed E-state index contributed by atoms with van der Waals surface area (Å²) in [6.07, 6.45) is 4.48. The van der Waals surface area contributed by atoms with E-state index < -0.39 is 0 Å². The Morgan fingerprint density at radius 2 is 2.12 bits per heavy atom. The summed E-state index contributed by atoms with van der Waals surface area (Å²) in [6.45, 7) is 4.56. The number of fused-ring (bicyclic) bond motifs is 1. The SMILES string of the molecule is COc1nc2c(cc1CNC(=O)COC(C)C)C(=O)N(C1CCCC1)C2. The second-order valence-electron chi connectivity index (χ2n) is 7.16.